The van der Waals surface area contributed by atoms with Gasteiger partial charge in [0.15, 0.2) is 0 Å². The lowest BCUT2D eigenvalue weighted by Crippen LogP contribution is -2.60. The number of anilines is 1. The van der Waals surface area contributed by atoms with E-state index in [4.69, 9.17) is 9.47 Å². The van der Waals surface area contributed by atoms with Gasteiger partial charge in [0.1, 0.15) is 17.4 Å². The van der Waals surface area contributed by atoms with Crippen molar-refractivity contribution in [2.24, 2.45) is 11.8 Å². The van der Waals surface area contributed by atoms with Gasteiger partial charge in [0.25, 0.3) is 0 Å². The predicted octanol–water partition coefficient (Wildman–Crippen LogP) is 4.79. The van der Waals surface area contributed by atoms with Crippen LogP contribution in [0.25, 0.3) is 0 Å². The van der Waals surface area contributed by atoms with E-state index < -0.39 is 35.1 Å². The second-order valence-corrected chi connectivity index (χ2v) is 13.1. The summed E-state index contributed by atoms with van der Waals surface area (Å²) >= 11 is 0. The van der Waals surface area contributed by atoms with Crippen LogP contribution in [0.15, 0.2) is 79.9 Å². The number of ether oxygens (including phenoxy) is 2. The summed E-state index contributed by atoms with van der Waals surface area (Å²) in [4.78, 5) is 49.5. The summed E-state index contributed by atoms with van der Waals surface area (Å²) in [7, 11) is 0. The molecule has 0 aliphatic carbocycles. The van der Waals surface area contributed by atoms with Crippen LogP contribution in [0.3, 0.4) is 0 Å². The van der Waals surface area contributed by atoms with E-state index in [2.05, 4.69) is 13.2 Å². The first kappa shape index (κ1) is 34.4. The lowest BCUT2D eigenvalue weighted by molar-refractivity contribution is -0.156. The quantitative estimate of drug-likeness (QED) is 0.281. The molecule has 0 radical (unpaired) electrons. The molecule has 9 nitrogen and oxygen atoms in total. The Morgan fingerprint density at radius 2 is 1.72 bits per heavy atom. The first-order valence-corrected chi connectivity index (χ1v) is 16.9. The highest BCUT2D eigenvalue weighted by Crippen LogP contribution is 2.65. The van der Waals surface area contributed by atoms with Gasteiger partial charge in [0.2, 0.25) is 17.7 Å². The summed E-state index contributed by atoms with van der Waals surface area (Å²) in [5.74, 6) is -1.84. The summed E-state index contributed by atoms with van der Waals surface area (Å²) in [6.45, 7) is 16.3. The third-order valence-corrected chi connectivity index (χ3v) is 10.3. The molecule has 9 heteroatoms. The summed E-state index contributed by atoms with van der Waals surface area (Å²) in [5.41, 5.74) is -0.545. The number of likely N-dealkylation sites (tertiary alicyclic amines) is 1. The molecule has 0 aromatic heterocycles. The number of amides is 3. The van der Waals surface area contributed by atoms with E-state index in [1.54, 1.807) is 26.9 Å². The van der Waals surface area contributed by atoms with E-state index in [-0.39, 0.29) is 36.9 Å². The fraction of sp³-hybridized carbons (Fsp3) is 0.500. The van der Waals surface area contributed by atoms with Crippen LogP contribution in [0.5, 0.6) is 5.75 Å². The van der Waals surface area contributed by atoms with Crippen LogP contribution in [0, 0.1) is 11.8 Å². The molecule has 2 aromatic rings. The van der Waals surface area contributed by atoms with E-state index in [9.17, 15) is 19.5 Å². The number of nitrogens with zero attached hydrogens (tertiary/aromatic N) is 3. The maximum Gasteiger partial charge on any atom is 0.248 e. The number of benzene rings is 2. The van der Waals surface area contributed by atoms with Crippen LogP contribution in [-0.2, 0) is 25.5 Å². The van der Waals surface area contributed by atoms with Crippen molar-refractivity contribution >= 4 is 23.4 Å². The Bertz CT molecular complexity index is 1460. The van der Waals surface area contributed by atoms with Crippen LogP contribution in [0.4, 0.5) is 5.69 Å². The van der Waals surface area contributed by atoms with Crippen molar-refractivity contribution in [3.63, 3.8) is 0 Å². The van der Waals surface area contributed by atoms with E-state index in [1.165, 1.54) is 0 Å². The van der Waals surface area contributed by atoms with E-state index in [1.807, 2.05) is 82.3 Å². The normalized spacial score (nSPS) is 26.6. The average molecular weight is 644 g/mol. The second kappa shape index (κ2) is 14.0. The number of carbonyl (C=O) groups excluding carboxylic acids is 3. The Balaban J connectivity index is 1.62. The maximum absolute atomic E-state index is 15.0. The van der Waals surface area contributed by atoms with E-state index in [0.29, 0.717) is 50.3 Å². The van der Waals surface area contributed by atoms with Crippen LogP contribution in [0.1, 0.15) is 52.5 Å². The van der Waals surface area contributed by atoms with Gasteiger partial charge in [0, 0.05) is 24.8 Å². The van der Waals surface area contributed by atoms with E-state index in [0.717, 1.165) is 5.56 Å². The third kappa shape index (κ3) is 5.89. The highest BCUT2D eigenvalue weighted by atomic mass is 16.5. The van der Waals surface area contributed by atoms with Crippen molar-refractivity contribution in [3.8, 4) is 5.75 Å². The van der Waals surface area contributed by atoms with Gasteiger partial charge < -0.3 is 29.3 Å². The monoisotopic (exact) mass is 643 g/mol. The summed E-state index contributed by atoms with van der Waals surface area (Å²) in [5, 5.41) is 10.8. The van der Waals surface area contributed by atoms with Crippen molar-refractivity contribution < 1.29 is 29.0 Å². The van der Waals surface area contributed by atoms with Crippen molar-refractivity contribution in [1.82, 2.24) is 9.80 Å². The highest BCUT2D eigenvalue weighted by molar-refractivity contribution is 6.03. The molecule has 3 amide bonds. The number of fused-ring (bicyclic) bond motifs is 1. The average Bonchev–Trinajstić information content (AvgIpc) is 3.69. The van der Waals surface area contributed by atoms with Crippen molar-refractivity contribution in [2.75, 3.05) is 31.2 Å². The number of aliphatic hydroxyl groups excluding tert-OH is 1. The lowest BCUT2D eigenvalue weighted by atomic mass is 9.64. The minimum atomic E-state index is -1.22. The first-order chi connectivity index (χ1) is 22.6. The van der Waals surface area contributed by atoms with Crippen LogP contribution < -0.4 is 9.64 Å². The summed E-state index contributed by atoms with van der Waals surface area (Å²) in [6, 6.07) is 15.1. The molecule has 6 atom stereocenters. The van der Waals surface area contributed by atoms with Crippen molar-refractivity contribution in [1.29, 1.82) is 0 Å². The zero-order valence-electron chi connectivity index (χ0n) is 28.1. The predicted molar refractivity (Wildman–Crippen MR) is 182 cm³/mol. The third-order valence-electron chi connectivity index (χ3n) is 10.3. The maximum atomic E-state index is 15.0. The molecule has 2 unspecified atom stereocenters. The molecule has 5 rings (SSSR count). The minimum Gasteiger partial charge on any atom is -0.494 e. The Kier molecular flexibility index (Phi) is 10.3. The molecule has 1 spiro atoms. The SMILES string of the molecule is C=CCN(C(=O)[C@@H]1[C@H]2C(=O)N([C@@H](CO)Cc3ccccc3)C(C(=O)N(CC=C)C(C)C)C23CC[C@@]1(CC)O3)c1ccc(OCC)cc1. The van der Waals surface area contributed by atoms with Gasteiger partial charge in [-0.1, -0.05) is 49.4 Å². The largest absolute Gasteiger partial charge is 0.494 e. The van der Waals surface area contributed by atoms with Crippen molar-refractivity contribution in [2.45, 2.75) is 82.7 Å². The lowest BCUT2D eigenvalue weighted by Gasteiger charge is -2.40. The van der Waals surface area contributed by atoms with Gasteiger partial charge in [-0.25, -0.2) is 0 Å². The van der Waals surface area contributed by atoms with Crippen LogP contribution >= 0.6 is 0 Å². The number of hydrogen-bond donors (Lipinski definition) is 1. The molecule has 1 N–H and O–H groups in total. The number of hydrogen-bond acceptors (Lipinski definition) is 6. The van der Waals surface area contributed by atoms with Gasteiger partial charge in [-0.2, -0.15) is 0 Å². The second-order valence-electron chi connectivity index (χ2n) is 13.1. The Labute approximate surface area is 278 Å². The topological polar surface area (TPSA) is 99.6 Å². The molecule has 47 heavy (non-hydrogen) atoms. The Morgan fingerprint density at radius 3 is 2.30 bits per heavy atom. The molecular formula is C38H49N3O6. The fourth-order valence-electron chi connectivity index (χ4n) is 8.20. The Morgan fingerprint density at radius 1 is 1.04 bits per heavy atom. The molecule has 3 heterocycles. The van der Waals surface area contributed by atoms with Crippen LogP contribution in [0.2, 0.25) is 0 Å². The molecule has 3 fully saturated rings. The van der Waals surface area contributed by atoms with Gasteiger partial charge in [-0.15, -0.1) is 13.2 Å². The number of rotatable bonds is 15. The summed E-state index contributed by atoms with van der Waals surface area (Å²) < 4.78 is 12.7. The number of aliphatic hydroxyl groups is 1. The smallest absolute Gasteiger partial charge is 0.248 e. The molecular weight excluding hydrogens is 594 g/mol. The van der Waals surface area contributed by atoms with E-state index >= 15 is 0 Å². The summed E-state index contributed by atoms with van der Waals surface area (Å²) in [6.07, 6.45) is 5.21. The van der Waals surface area contributed by atoms with Gasteiger partial charge >= 0.3 is 0 Å². The highest BCUT2D eigenvalue weighted by Gasteiger charge is 2.79. The number of carbonyl (C=O) groups is 3. The molecule has 252 valence electrons. The van der Waals surface area contributed by atoms with Gasteiger partial charge in [-0.05, 0) is 76.3 Å². The molecule has 3 aliphatic heterocycles. The molecule has 2 bridgehead atoms. The fourth-order valence-corrected chi connectivity index (χ4v) is 8.20. The Hall–Kier alpha value is -3.95. The van der Waals surface area contributed by atoms with Crippen molar-refractivity contribution in [3.05, 3.63) is 85.5 Å². The van der Waals surface area contributed by atoms with Gasteiger partial charge in [-0.3, -0.25) is 14.4 Å². The minimum absolute atomic E-state index is 0.173. The molecule has 3 aliphatic rings. The molecule has 2 aromatic carbocycles. The standard InChI is InChI=1S/C38H49N3O6/c1-7-22-39(26(5)6)36(45)33-38-21-20-37(9-3,47-38)31(34(43)40(23-8-2)28-16-18-30(19-17-28)46-10-4)32(38)35(44)41(33)29(25-42)24-27-14-12-11-13-15-27/h7-8,11-19,26,29,31-33,42H,1-2,9-10,20-25H2,3-6H3/t29-,31+,32+,33?,37-,38?/m1/s1. The zero-order valence-corrected chi connectivity index (χ0v) is 28.1. The zero-order chi connectivity index (χ0) is 33.9. The molecule has 0 saturated carbocycles. The first-order valence-electron chi connectivity index (χ1n) is 16.9. The van der Waals surface area contributed by atoms with Crippen LogP contribution in [-0.4, -0.2) is 88.3 Å². The molecule has 3 saturated heterocycles. The van der Waals surface area contributed by atoms with Gasteiger partial charge in [0.05, 0.1) is 36.7 Å².